The molecule has 0 aliphatic carbocycles. The number of hydrogen-bond acceptors (Lipinski definition) is 1. The highest BCUT2D eigenvalue weighted by Crippen LogP contribution is 2.19. The number of rotatable bonds is 3. The first-order valence-electron chi connectivity index (χ1n) is 6.05. The first kappa shape index (κ1) is 14.5. The van der Waals surface area contributed by atoms with Crippen LogP contribution in [0.25, 0.3) is 6.08 Å². The molecule has 2 nitrogen and oxygen atoms in total. The van der Waals surface area contributed by atoms with Crippen molar-refractivity contribution in [1.82, 2.24) is 0 Å². The van der Waals surface area contributed by atoms with Gasteiger partial charge in [-0.2, -0.15) is 0 Å². The second-order valence-electron chi connectivity index (χ2n) is 4.36. The zero-order valence-electron chi connectivity index (χ0n) is 10.9. The third-order valence-corrected chi connectivity index (χ3v) is 3.19. The molecule has 0 aliphatic rings. The summed E-state index contributed by atoms with van der Waals surface area (Å²) in [6.07, 6.45) is 3.07. The van der Waals surface area contributed by atoms with Crippen LogP contribution in [-0.4, -0.2) is 5.91 Å². The summed E-state index contributed by atoms with van der Waals surface area (Å²) in [4.78, 5) is 11.7. The third kappa shape index (κ3) is 4.03. The number of amides is 1. The fourth-order valence-corrected chi connectivity index (χ4v) is 1.95. The van der Waals surface area contributed by atoms with Crippen molar-refractivity contribution in [3.05, 3.63) is 70.0 Å². The zero-order chi connectivity index (χ0) is 14.5. The molecule has 0 fully saturated rings. The maximum atomic E-state index is 13.5. The summed E-state index contributed by atoms with van der Waals surface area (Å²) in [5.74, 6) is -0.844. The van der Waals surface area contributed by atoms with E-state index in [4.69, 9.17) is 0 Å². The molecule has 0 bridgehead atoms. The van der Waals surface area contributed by atoms with E-state index in [0.29, 0.717) is 4.47 Å². The first-order valence-corrected chi connectivity index (χ1v) is 6.85. The van der Waals surface area contributed by atoms with Gasteiger partial charge in [-0.15, -0.1) is 0 Å². The van der Waals surface area contributed by atoms with Crippen LogP contribution in [0, 0.1) is 12.7 Å². The number of halogens is 2. The summed E-state index contributed by atoms with van der Waals surface area (Å²) >= 11 is 3.16. The summed E-state index contributed by atoms with van der Waals surface area (Å²) < 4.78 is 14.2. The number of nitrogens with one attached hydrogen (secondary N) is 1. The monoisotopic (exact) mass is 333 g/mol. The van der Waals surface area contributed by atoms with Gasteiger partial charge in [0.25, 0.3) is 0 Å². The number of benzene rings is 2. The van der Waals surface area contributed by atoms with E-state index < -0.39 is 5.82 Å². The lowest BCUT2D eigenvalue weighted by molar-refractivity contribution is -0.111. The topological polar surface area (TPSA) is 29.1 Å². The molecule has 0 unspecified atom stereocenters. The summed E-state index contributed by atoms with van der Waals surface area (Å²) in [7, 11) is 0. The molecule has 20 heavy (non-hydrogen) atoms. The minimum atomic E-state index is -0.475. The molecule has 0 aromatic heterocycles. The summed E-state index contributed by atoms with van der Waals surface area (Å²) in [5.41, 5.74) is 2.23. The first-order chi connectivity index (χ1) is 9.54. The van der Waals surface area contributed by atoms with Gasteiger partial charge >= 0.3 is 0 Å². The minimum Gasteiger partial charge on any atom is -0.320 e. The molecule has 1 amide bonds. The van der Waals surface area contributed by atoms with Crippen LogP contribution in [0.3, 0.4) is 0 Å². The normalized spacial score (nSPS) is 10.8. The molecule has 1 N–H and O–H groups in total. The Balaban J connectivity index is 2.03. The van der Waals surface area contributed by atoms with Crippen molar-refractivity contribution < 1.29 is 9.18 Å². The maximum Gasteiger partial charge on any atom is 0.248 e. The van der Waals surface area contributed by atoms with Gasteiger partial charge in [0.05, 0.1) is 5.69 Å². The lowest BCUT2D eigenvalue weighted by atomic mass is 10.1. The molecule has 2 rings (SSSR count). The van der Waals surface area contributed by atoms with Gasteiger partial charge in [0.15, 0.2) is 0 Å². The van der Waals surface area contributed by atoms with E-state index in [-0.39, 0.29) is 11.6 Å². The Morgan fingerprint density at radius 2 is 1.90 bits per heavy atom. The highest BCUT2D eigenvalue weighted by molar-refractivity contribution is 9.10. The number of carbonyl (C=O) groups is 1. The van der Waals surface area contributed by atoms with Crippen molar-refractivity contribution in [3.8, 4) is 0 Å². The second kappa shape index (κ2) is 6.48. The van der Waals surface area contributed by atoms with Gasteiger partial charge in [-0.3, -0.25) is 4.79 Å². The Morgan fingerprint density at radius 1 is 1.20 bits per heavy atom. The molecule has 102 valence electrons. The molecule has 4 heteroatoms. The van der Waals surface area contributed by atoms with Crippen molar-refractivity contribution >= 4 is 33.6 Å². The number of aryl methyl sites for hydroxylation is 1. The van der Waals surface area contributed by atoms with Crippen LogP contribution < -0.4 is 5.32 Å². The van der Waals surface area contributed by atoms with Gasteiger partial charge in [-0.05, 0) is 36.8 Å². The van der Waals surface area contributed by atoms with Crippen molar-refractivity contribution in [2.45, 2.75) is 6.92 Å². The van der Waals surface area contributed by atoms with E-state index in [0.717, 1.165) is 11.1 Å². The van der Waals surface area contributed by atoms with Gasteiger partial charge in [-0.1, -0.05) is 45.8 Å². The van der Waals surface area contributed by atoms with Crippen LogP contribution >= 0.6 is 15.9 Å². The van der Waals surface area contributed by atoms with Gasteiger partial charge in [0, 0.05) is 10.5 Å². The molecule has 0 radical (unpaired) electrons. The van der Waals surface area contributed by atoms with E-state index in [1.807, 2.05) is 31.2 Å². The van der Waals surface area contributed by atoms with Crippen LogP contribution in [0.5, 0.6) is 0 Å². The lowest BCUT2D eigenvalue weighted by Gasteiger charge is -2.04. The molecule has 2 aromatic carbocycles. The molecule has 0 aliphatic heterocycles. The van der Waals surface area contributed by atoms with Crippen LogP contribution in [0.4, 0.5) is 10.1 Å². The number of anilines is 1. The van der Waals surface area contributed by atoms with Crippen molar-refractivity contribution in [3.63, 3.8) is 0 Å². The Labute approximate surface area is 125 Å². The quantitative estimate of drug-likeness (QED) is 0.820. The fourth-order valence-electron chi connectivity index (χ4n) is 1.61. The van der Waals surface area contributed by atoms with Crippen LogP contribution in [0.15, 0.2) is 53.0 Å². The molecule has 2 aromatic rings. The van der Waals surface area contributed by atoms with Crippen LogP contribution in [0.2, 0.25) is 0 Å². The average Bonchev–Trinajstić information content (AvgIpc) is 2.41. The largest absolute Gasteiger partial charge is 0.320 e. The molecule has 0 saturated carbocycles. The molecule has 0 heterocycles. The second-order valence-corrected chi connectivity index (χ2v) is 5.27. The highest BCUT2D eigenvalue weighted by atomic mass is 79.9. The lowest BCUT2D eigenvalue weighted by Crippen LogP contribution is -2.09. The van der Waals surface area contributed by atoms with Crippen molar-refractivity contribution in [2.75, 3.05) is 5.32 Å². The average molecular weight is 334 g/mol. The predicted molar refractivity (Wildman–Crippen MR) is 82.9 cm³/mol. The van der Waals surface area contributed by atoms with E-state index in [2.05, 4.69) is 21.2 Å². The SMILES string of the molecule is Cc1ccc(/C=C/C(=O)Nc2ccc(Br)cc2F)cc1. The number of hydrogen-bond donors (Lipinski definition) is 1. The van der Waals surface area contributed by atoms with Gasteiger partial charge in [0.1, 0.15) is 5.82 Å². The van der Waals surface area contributed by atoms with E-state index in [9.17, 15) is 9.18 Å². The molecule has 0 atom stereocenters. The van der Waals surface area contributed by atoms with Gasteiger partial charge in [0.2, 0.25) is 5.91 Å². The fraction of sp³-hybridized carbons (Fsp3) is 0.0625. The Kier molecular flexibility index (Phi) is 4.69. The predicted octanol–water partition coefficient (Wildman–Crippen LogP) is 4.55. The molecule has 0 spiro atoms. The molecular formula is C16H13BrFNO. The maximum absolute atomic E-state index is 13.5. The Hall–Kier alpha value is -1.94. The third-order valence-electron chi connectivity index (χ3n) is 2.69. The minimum absolute atomic E-state index is 0.159. The van der Waals surface area contributed by atoms with Crippen LogP contribution in [0.1, 0.15) is 11.1 Å². The smallest absolute Gasteiger partial charge is 0.248 e. The van der Waals surface area contributed by atoms with Crippen molar-refractivity contribution in [2.24, 2.45) is 0 Å². The van der Waals surface area contributed by atoms with Crippen molar-refractivity contribution in [1.29, 1.82) is 0 Å². The Morgan fingerprint density at radius 3 is 2.55 bits per heavy atom. The Bertz CT molecular complexity index is 650. The summed E-state index contributed by atoms with van der Waals surface area (Å²) in [6, 6.07) is 12.2. The highest BCUT2D eigenvalue weighted by Gasteiger charge is 2.04. The molecule has 0 saturated heterocycles. The standard InChI is InChI=1S/C16H13BrFNO/c1-11-2-4-12(5-3-11)6-9-16(20)19-15-8-7-13(17)10-14(15)18/h2-10H,1H3,(H,19,20)/b9-6+. The van der Waals surface area contributed by atoms with Crippen LogP contribution in [-0.2, 0) is 4.79 Å². The van der Waals surface area contributed by atoms with Gasteiger partial charge < -0.3 is 5.32 Å². The van der Waals surface area contributed by atoms with E-state index in [1.54, 1.807) is 12.1 Å². The zero-order valence-corrected chi connectivity index (χ0v) is 12.4. The van der Waals surface area contributed by atoms with Gasteiger partial charge in [-0.25, -0.2) is 4.39 Å². The van der Waals surface area contributed by atoms with E-state index in [1.165, 1.54) is 18.2 Å². The van der Waals surface area contributed by atoms with E-state index >= 15 is 0 Å². The summed E-state index contributed by atoms with van der Waals surface area (Å²) in [5, 5.41) is 2.50. The number of carbonyl (C=O) groups excluding carboxylic acids is 1. The molecular weight excluding hydrogens is 321 g/mol. The summed E-state index contributed by atoms with van der Waals surface area (Å²) in [6.45, 7) is 2.00.